The summed E-state index contributed by atoms with van der Waals surface area (Å²) in [5, 5.41) is 0. The van der Waals surface area contributed by atoms with E-state index in [1.54, 1.807) is 0 Å². The molecule has 4 heteroatoms. The summed E-state index contributed by atoms with van der Waals surface area (Å²) in [7, 11) is 0. The van der Waals surface area contributed by atoms with Crippen molar-refractivity contribution >= 4 is 0 Å². The van der Waals surface area contributed by atoms with Gasteiger partial charge in [0.2, 0.25) is 0 Å². The van der Waals surface area contributed by atoms with Gasteiger partial charge in [-0.05, 0) is 0 Å². The number of rotatable bonds is 0. The monoisotopic (exact) mass is 159 g/mol. The zero-order chi connectivity index (χ0) is 0. The van der Waals surface area contributed by atoms with E-state index in [-0.39, 0.29) is 45.8 Å². The Kier molecular flexibility index (Phi) is 796. The largest absolute Gasteiger partial charge is 2.00 e. The van der Waals surface area contributed by atoms with Crippen LogP contribution < -0.4 is 6.15 Å². The first kappa shape index (κ1) is 84.5. The van der Waals surface area contributed by atoms with Crippen LogP contribution in [0, 0.1) is 0 Å². The van der Waals surface area contributed by atoms with Crippen LogP contribution in [0.2, 0.25) is 0 Å². The van der Waals surface area contributed by atoms with E-state index in [4.69, 9.17) is 0 Å². The van der Waals surface area contributed by atoms with E-state index in [1.165, 1.54) is 0 Å². The van der Waals surface area contributed by atoms with Gasteiger partial charge in [-0.25, -0.2) is 0 Å². The minimum Gasteiger partial charge on any atom is -2.00 e. The second kappa shape index (κ2) is 37.7. The molecule has 0 aliphatic carbocycles. The Morgan fingerprint density at radius 1 is 0.750 bits per heavy atom. The molecule has 0 aromatic heterocycles. The molecule has 0 bridgehead atoms. The van der Waals surface area contributed by atoms with Crippen LogP contribution in [-0.4, -0.2) is 0 Å². The molecule has 0 heterocycles. The molecule has 2 nitrogen and oxygen atoms in total. The molecule has 3 N–H and O–H groups in total. The first-order valence-electron chi connectivity index (χ1n) is 0. The molecule has 0 rings (SSSR count). The van der Waals surface area contributed by atoms with E-state index in [1.807, 2.05) is 0 Å². The third-order valence-electron chi connectivity index (χ3n) is 0. The average molecular weight is 160 g/mol. The zero-order valence-corrected chi connectivity index (χ0v) is 3.60. The van der Waals surface area contributed by atoms with E-state index in [0.717, 1.165) is 0 Å². The summed E-state index contributed by atoms with van der Waals surface area (Å²) in [6.07, 6.45) is 0. The molecule has 0 aliphatic heterocycles. The number of hydrogen-bond acceptors (Lipinski definition) is 1. The van der Waals surface area contributed by atoms with Crippen molar-refractivity contribution in [2.45, 2.75) is 0 Å². The van der Waals surface area contributed by atoms with Crippen molar-refractivity contribution in [3.63, 3.8) is 0 Å². The predicted octanol–water partition coefficient (Wildman–Crippen LogP) is 0.0382. The van der Waals surface area contributed by atoms with Crippen molar-refractivity contribution in [1.29, 1.82) is 0 Å². The van der Waals surface area contributed by atoms with Crippen LogP contribution in [0.4, 0.5) is 0 Å². The standard InChI is InChI=1S/2Cu.H3N.O/h;;1H3;/q2*+1;;-2. The zero-order valence-electron chi connectivity index (χ0n) is 1.72. The van der Waals surface area contributed by atoms with Crippen molar-refractivity contribution in [2.75, 3.05) is 0 Å². The molecule has 0 saturated heterocycles. The summed E-state index contributed by atoms with van der Waals surface area (Å²) in [6.45, 7) is 0. The smallest absolute Gasteiger partial charge is 1.00 e. The second-order valence-electron chi connectivity index (χ2n) is 0. The Balaban J connectivity index is 0. The van der Waals surface area contributed by atoms with Gasteiger partial charge in [0.1, 0.15) is 0 Å². The van der Waals surface area contributed by atoms with E-state index in [9.17, 15) is 0 Å². The van der Waals surface area contributed by atoms with Crippen LogP contribution in [0.3, 0.4) is 0 Å². The van der Waals surface area contributed by atoms with E-state index < -0.39 is 0 Å². The summed E-state index contributed by atoms with van der Waals surface area (Å²) in [6, 6.07) is 0. The third kappa shape index (κ3) is 12.3. The van der Waals surface area contributed by atoms with Crippen LogP contribution in [0.15, 0.2) is 0 Å². The first-order chi connectivity index (χ1) is 0. The van der Waals surface area contributed by atoms with Crippen molar-refractivity contribution in [2.24, 2.45) is 0 Å². The van der Waals surface area contributed by atoms with Gasteiger partial charge in [0.15, 0.2) is 0 Å². The van der Waals surface area contributed by atoms with Gasteiger partial charge in [0, 0.05) is 0 Å². The molecule has 0 radical (unpaired) electrons. The van der Waals surface area contributed by atoms with Crippen molar-refractivity contribution in [3.05, 3.63) is 0 Å². The Morgan fingerprint density at radius 2 is 0.750 bits per heavy atom. The van der Waals surface area contributed by atoms with Crippen molar-refractivity contribution in [1.82, 2.24) is 6.15 Å². The molecule has 0 aromatic carbocycles. The molecule has 0 fully saturated rings. The molecule has 0 saturated carbocycles. The van der Waals surface area contributed by atoms with Crippen LogP contribution in [0.5, 0.6) is 0 Å². The molecular formula is H3Cu2NO. The molecule has 0 unspecified atom stereocenters. The summed E-state index contributed by atoms with van der Waals surface area (Å²) < 4.78 is 0. The molecule has 0 aromatic rings. The number of hydrogen-bond donors (Lipinski definition) is 1. The van der Waals surface area contributed by atoms with Gasteiger partial charge < -0.3 is 11.6 Å². The fraction of sp³-hybridized carbons (Fsp3) is 0. The summed E-state index contributed by atoms with van der Waals surface area (Å²) in [5.41, 5.74) is 0. The van der Waals surface area contributed by atoms with E-state index >= 15 is 0 Å². The molecular weight excluding hydrogens is 157 g/mol. The molecule has 0 spiro atoms. The third-order valence-corrected chi connectivity index (χ3v) is 0. The molecule has 4 heavy (non-hydrogen) atoms. The minimum absolute atomic E-state index is 0. The fourth-order valence-corrected chi connectivity index (χ4v) is 0. The molecule has 36 valence electrons. The molecule has 0 amide bonds. The normalized spacial score (nSPS) is 0. The van der Waals surface area contributed by atoms with Crippen LogP contribution in [0.25, 0.3) is 0 Å². The van der Waals surface area contributed by atoms with Gasteiger partial charge in [-0.3, -0.25) is 0 Å². The topological polar surface area (TPSA) is 63.5 Å². The fourth-order valence-electron chi connectivity index (χ4n) is 0. The summed E-state index contributed by atoms with van der Waals surface area (Å²) in [4.78, 5) is 0. The molecule has 0 aliphatic rings. The van der Waals surface area contributed by atoms with Crippen LogP contribution in [0.1, 0.15) is 0 Å². The maximum atomic E-state index is 0. The van der Waals surface area contributed by atoms with E-state index in [0.29, 0.717) is 0 Å². The predicted molar refractivity (Wildman–Crippen MR) is 5.71 cm³/mol. The molecule has 0 atom stereocenters. The van der Waals surface area contributed by atoms with Crippen LogP contribution in [-0.2, 0) is 39.6 Å². The van der Waals surface area contributed by atoms with Crippen molar-refractivity contribution in [3.8, 4) is 0 Å². The maximum absolute atomic E-state index is 0. The van der Waals surface area contributed by atoms with E-state index in [2.05, 4.69) is 0 Å². The Hall–Kier alpha value is 0.959. The SMILES string of the molecule is N.[Cu+].[Cu+].[O-2]. The summed E-state index contributed by atoms with van der Waals surface area (Å²) >= 11 is 0. The van der Waals surface area contributed by atoms with Gasteiger partial charge in [0.25, 0.3) is 0 Å². The van der Waals surface area contributed by atoms with Crippen molar-refractivity contribution < 1.29 is 39.6 Å². The Morgan fingerprint density at radius 3 is 0.750 bits per heavy atom. The van der Waals surface area contributed by atoms with Crippen LogP contribution >= 0.6 is 0 Å². The minimum atomic E-state index is 0. The summed E-state index contributed by atoms with van der Waals surface area (Å²) in [5.74, 6) is 0. The van der Waals surface area contributed by atoms with Gasteiger partial charge in [-0.15, -0.1) is 0 Å². The van der Waals surface area contributed by atoms with Gasteiger partial charge in [-0.1, -0.05) is 0 Å². The van der Waals surface area contributed by atoms with Gasteiger partial charge in [-0.2, -0.15) is 0 Å². The second-order valence-corrected chi connectivity index (χ2v) is 0. The Labute approximate surface area is 46.2 Å². The maximum Gasteiger partial charge on any atom is 1.00 e. The first-order valence-corrected chi connectivity index (χ1v) is 0. The van der Waals surface area contributed by atoms with Gasteiger partial charge >= 0.3 is 34.1 Å². The average Bonchev–Trinajstić information content (AvgIpc) is 0. The quantitative estimate of drug-likeness (QED) is 0.499. The Bertz CT molecular complexity index is 6.00. The van der Waals surface area contributed by atoms with Gasteiger partial charge in [0.05, 0.1) is 0 Å².